The lowest BCUT2D eigenvalue weighted by atomic mass is 10.0. The van der Waals surface area contributed by atoms with Gasteiger partial charge in [0.05, 0.1) is 0 Å². The van der Waals surface area contributed by atoms with Crippen LogP contribution in [0.5, 0.6) is 0 Å². The number of piperidine rings is 1. The third-order valence-electron chi connectivity index (χ3n) is 4.31. The highest BCUT2D eigenvalue weighted by atomic mass is 32.2. The first-order valence-electron chi connectivity index (χ1n) is 7.10. The number of nitrogens with zero attached hydrogens (tertiary/aromatic N) is 2. The minimum atomic E-state index is -3.28. The van der Waals surface area contributed by atoms with Crippen molar-refractivity contribution in [2.75, 3.05) is 26.2 Å². The van der Waals surface area contributed by atoms with Crippen molar-refractivity contribution in [2.24, 2.45) is 5.73 Å². The van der Waals surface area contributed by atoms with Crippen LogP contribution in [0.4, 0.5) is 0 Å². The smallest absolute Gasteiger partial charge is 0.252 e. The standard InChI is InChI=1S/C13H21N3O2S2/c14-11-3-6-15(7-4-11)12-5-8-16(10-12)20(17,18)13-2-1-9-19-13/h1-2,9,11-12H,3-8,10,14H2. The number of hydrogen-bond acceptors (Lipinski definition) is 5. The average Bonchev–Trinajstić information content (AvgIpc) is 3.12. The van der Waals surface area contributed by atoms with E-state index in [1.807, 2.05) is 5.38 Å². The molecule has 2 aliphatic rings. The number of likely N-dealkylation sites (tertiary alicyclic amines) is 1. The molecule has 0 radical (unpaired) electrons. The first kappa shape index (κ1) is 14.5. The largest absolute Gasteiger partial charge is 0.328 e. The number of hydrogen-bond donors (Lipinski definition) is 1. The summed E-state index contributed by atoms with van der Waals surface area (Å²) in [6.07, 6.45) is 2.97. The molecule has 0 spiro atoms. The third kappa shape index (κ3) is 2.78. The van der Waals surface area contributed by atoms with E-state index in [1.165, 1.54) is 11.3 Å². The minimum absolute atomic E-state index is 0.318. The summed E-state index contributed by atoms with van der Waals surface area (Å²) >= 11 is 1.29. The Morgan fingerprint density at radius 2 is 1.95 bits per heavy atom. The molecular weight excluding hydrogens is 294 g/mol. The van der Waals surface area contributed by atoms with Crippen molar-refractivity contribution in [3.63, 3.8) is 0 Å². The van der Waals surface area contributed by atoms with Crippen LogP contribution in [-0.4, -0.2) is 55.9 Å². The fourth-order valence-corrected chi connectivity index (χ4v) is 5.69. The quantitative estimate of drug-likeness (QED) is 0.901. The van der Waals surface area contributed by atoms with Gasteiger partial charge in [-0.15, -0.1) is 11.3 Å². The molecule has 0 aromatic carbocycles. The van der Waals surface area contributed by atoms with Gasteiger partial charge < -0.3 is 5.73 Å². The number of rotatable bonds is 3. The molecule has 2 fully saturated rings. The second-order valence-electron chi connectivity index (χ2n) is 5.61. The highest BCUT2D eigenvalue weighted by Gasteiger charge is 2.36. The molecule has 20 heavy (non-hydrogen) atoms. The monoisotopic (exact) mass is 315 g/mol. The number of sulfonamides is 1. The van der Waals surface area contributed by atoms with E-state index in [2.05, 4.69) is 4.90 Å². The fourth-order valence-electron chi connectivity index (χ4n) is 3.05. The molecule has 1 aromatic rings. The summed E-state index contributed by atoms with van der Waals surface area (Å²) in [6.45, 7) is 3.25. The van der Waals surface area contributed by atoms with Crippen molar-refractivity contribution in [1.82, 2.24) is 9.21 Å². The van der Waals surface area contributed by atoms with Gasteiger partial charge in [-0.1, -0.05) is 6.07 Å². The second kappa shape index (κ2) is 5.73. The van der Waals surface area contributed by atoms with Crippen molar-refractivity contribution in [2.45, 2.75) is 35.6 Å². The van der Waals surface area contributed by atoms with E-state index in [9.17, 15) is 8.42 Å². The maximum absolute atomic E-state index is 12.5. The van der Waals surface area contributed by atoms with Crippen LogP contribution < -0.4 is 5.73 Å². The van der Waals surface area contributed by atoms with E-state index in [0.717, 1.165) is 32.4 Å². The van der Waals surface area contributed by atoms with Crippen molar-refractivity contribution in [1.29, 1.82) is 0 Å². The van der Waals surface area contributed by atoms with Crippen molar-refractivity contribution < 1.29 is 8.42 Å². The van der Waals surface area contributed by atoms with E-state index in [-0.39, 0.29) is 0 Å². The van der Waals surface area contributed by atoms with E-state index < -0.39 is 10.0 Å². The first-order valence-corrected chi connectivity index (χ1v) is 9.42. The van der Waals surface area contributed by atoms with Crippen molar-refractivity contribution in [3.05, 3.63) is 17.5 Å². The van der Waals surface area contributed by atoms with Gasteiger partial charge in [-0.3, -0.25) is 4.90 Å². The topological polar surface area (TPSA) is 66.6 Å². The van der Waals surface area contributed by atoms with Gasteiger partial charge >= 0.3 is 0 Å². The zero-order chi connectivity index (χ0) is 14.2. The van der Waals surface area contributed by atoms with Crippen LogP contribution >= 0.6 is 11.3 Å². The fraction of sp³-hybridized carbons (Fsp3) is 0.692. The summed E-state index contributed by atoms with van der Waals surface area (Å²) in [7, 11) is -3.28. The first-order chi connectivity index (χ1) is 9.57. The lowest BCUT2D eigenvalue weighted by molar-refractivity contribution is 0.159. The van der Waals surface area contributed by atoms with Gasteiger partial charge in [-0.2, -0.15) is 4.31 Å². The molecule has 7 heteroatoms. The summed E-state index contributed by atoms with van der Waals surface area (Å²) < 4.78 is 27.0. The molecule has 0 aliphatic carbocycles. The lowest BCUT2D eigenvalue weighted by Crippen LogP contribution is -2.46. The van der Waals surface area contributed by atoms with Crippen LogP contribution in [0.1, 0.15) is 19.3 Å². The van der Waals surface area contributed by atoms with Crippen molar-refractivity contribution in [3.8, 4) is 0 Å². The molecule has 112 valence electrons. The Balaban J connectivity index is 1.65. The maximum atomic E-state index is 12.5. The van der Waals surface area contributed by atoms with Gasteiger partial charge in [0.25, 0.3) is 10.0 Å². The molecule has 2 aliphatic heterocycles. The molecule has 1 unspecified atom stereocenters. The van der Waals surface area contributed by atoms with Gasteiger partial charge in [-0.25, -0.2) is 8.42 Å². The molecule has 0 saturated carbocycles. The van der Waals surface area contributed by atoms with Gasteiger partial charge in [-0.05, 0) is 43.8 Å². The normalized spacial score (nSPS) is 27.1. The summed E-state index contributed by atoms with van der Waals surface area (Å²) in [5.41, 5.74) is 5.92. The van der Waals surface area contributed by atoms with Crippen molar-refractivity contribution >= 4 is 21.4 Å². The van der Waals surface area contributed by atoms with E-state index in [4.69, 9.17) is 5.73 Å². The summed E-state index contributed by atoms with van der Waals surface area (Å²) in [5, 5.41) is 1.81. The summed E-state index contributed by atoms with van der Waals surface area (Å²) in [6, 6.07) is 4.15. The highest BCUT2D eigenvalue weighted by Crippen LogP contribution is 2.27. The molecular formula is C13H21N3O2S2. The molecule has 5 nitrogen and oxygen atoms in total. The van der Waals surface area contributed by atoms with Crippen LogP contribution in [0, 0.1) is 0 Å². The Morgan fingerprint density at radius 3 is 2.60 bits per heavy atom. The number of thiophene rings is 1. The van der Waals surface area contributed by atoms with Crippen LogP contribution in [0.3, 0.4) is 0 Å². The predicted octanol–water partition coefficient (Wildman–Crippen LogP) is 0.934. The summed E-state index contributed by atoms with van der Waals surface area (Å²) in [5.74, 6) is 0. The third-order valence-corrected chi connectivity index (χ3v) is 7.54. The second-order valence-corrected chi connectivity index (χ2v) is 8.72. The van der Waals surface area contributed by atoms with Gasteiger partial charge in [0.15, 0.2) is 0 Å². The molecule has 1 atom stereocenters. The van der Waals surface area contributed by atoms with Crippen LogP contribution in [0.15, 0.2) is 21.7 Å². The molecule has 0 bridgehead atoms. The highest BCUT2D eigenvalue weighted by molar-refractivity contribution is 7.91. The SMILES string of the molecule is NC1CCN(C2CCN(S(=O)(=O)c3cccs3)C2)CC1. The molecule has 2 N–H and O–H groups in total. The van der Waals surface area contributed by atoms with E-state index in [0.29, 0.717) is 29.4 Å². The van der Waals surface area contributed by atoms with Gasteiger partial charge in [0.1, 0.15) is 4.21 Å². The Morgan fingerprint density at radius 1 is 1.20 bits per heavy atom. The lowest BCUT2D eigenvalue weighted by Gasteiger charge is -2.34. The summed E-state index contributed by atoms with van der Waals surface area (Å²) in [4.78, 5) is 2.41. The Bertz CT molecular complexity index is 536. The molecule has 0 amide bonds. The minimum Gasteiger partial charge on any atom is -0.328 e. The Labute approximate surface area is 124 Å². The number of nitrogens with two attached hydrogens (primary N) is 1. The maximum Gasteiger partial charge on any atom is 0.252 e. The predicted molar refractivity (Wildman–Crippen MR) is 80.3 cm³/mol. The average molecular weight is 315 g/mol. The zero-order valence-corrected chi connectivity index (χ0v) is 13.1. The van der Waals surface area contributed by atoms with E-state index in [1.54, 1.807) is 16.4 Å². The Hall–Kier alpha value is -0.470. The Kier molecular flexibility index (Phi) is 4.14. The van der Waals surface area contributed by atoms with E-state index >= 15 is 0 Å². The van der Waals surface area contributed by atoms with Crippen LogP contribution in [0.25, 0.3) is 0 Å². The molecule has 3 rings (SSSR count). The molecule has 2 saturated heterocycles. The molecule has 3 heterocycles. The van der Waals surface area contributed by atoms with Crippen LogP contribution in [0.2, 0.25) is 0 Å². The molecule has 1 aromatic heterocycles. The zero-order valence-electron chi connectivity index (χ0n) is 11.4. The van der Waals surface area contributed by atoms with Gasteiger partial charge in [0, 0.05) is 25.2 Å². The van der Waals surface area contributed by atoms with Gasteiger partial charge in [0.2, 0.25) is 0 Å². The van der Waals surface area contributed by atoms with Crippen LogP contribution in [-0.2, 0) is 10.0 Å².